The normalized spacial score (nSPS) is 11.2. The van der Waals surface area contributed by atoms with E-state index >= 15 is 0 Å². The number of fused-ring (bicyclic) bond motifs is 5. The molecule has 0 aliphatic carbocycles. The van der Waals surface area contributed by atoms with E-state index in [1.54, 1.807) is 49.2 Å². The number of aromatic amines is 5. The van der Waals surface area contributed by atoms with Gasteiger partial charge in [0.25, 0.3) is 0 Å². The topological polar surface area (TPSA) is 383 Å². The summed E-state index contributed by atoms with van der Waals surface area (Å²) in [6.45, 7) is 4.59. The molecule has 11 heterocycles. The molecule has 0 spiro atoms. The number of imidazole rings is 5. The number of pyridine rings is 1. The first kappa shape index (κ1) is 68.2. The highest BCUT2D eigenvalue weighted by molar-refractivity contribution is 5.90. The molecule has 0 radical (unpaired) electrons. The average Bonchev–Trinajstić information content (AvgIpc) is 1.65. The lowest BCUT2D eigenvalue weighted by atomic mass is 10.1. The lowest BCUT2D eigenvalue weighted by Gasteiger charge is -2.13. The summed E-state index contributed by atoms with van der Waals surface area (Å²) in [4.78, 5) is 91.2. The Morgan fingerprint density at radius 2 is 0.810 bits per heavy atom. The number of nitrogens with zero attached hydrogens (tertiary/aromatic N) is 16. The maximum absolute atomic E-state index is 12.9. The van der Waals surface area contributed by atoms with Crippen LogP contribution in [0.25, 0.3) is 55.8 Å². The van der Waals surface area contributed by atoms with E-state index in [1.807, 2.05) is 18.2 Å². The zero-order valence-corrected chi connectivity index (χ0v) is 52.8. The van der Waals surface area contributed by atoms with Gasteiger partial charge in [0.15, 0.2) is 57.3 Å². The van der Waals surface area contributed by atoms with Gasteiger partial charge in [0.05, 0.1) is 48.3 Å². The number of rotatable bonds is 19. The Morgan fingerprint density at radius 3 is 1.24 bits per heavy atom. The summed E-state index contributed by atoms with van der Waals surface area (Å²) in [6, 6.07) is 31.8. The number of alkyl halides is 6. The molecule has 0 aliphatic rings. The molecule has 0 saturated heterocycles. The molecule has 34 heteroatoms. The minimum absolute atomic E-state index is 0.000810. The molecule has 0 fully saturated rings. The molecule has 11 N–H and O–H groups in total. The fourth-order valence-corrected chi connectivity index (χ4v) is 9.92. The lowest BCUT2D eigenvalue weighted by molar-refractivity contribution is -0.138. The maximum atomic E-state index is 12.9. The van der Waals surface area contributed by atoms with Crippen molar-refractivity contribution in [2.75, 3.05) is 46.2 Å². The number of aromatic nitrogens is 21. The Balaban J connectivity index is 0.000000126. The van der Waals surface area contributed by atoms with Crippen molar-refractivity contribution < 1.29 is 36.2 Å². The highest BCUT2D eigenvalue weighted by Gasteiger charge is 2.33. The van der Waals surface area contributed by atoms with E-state index in [2.05, 4.69) is 162 Å². The number of nitrogens with one attached hydrogen (secondary N) is 10. The Morgan fingerprint density at radius 1 is 0.400 bits per heavy atom. The Kier molecular flexibility index (Phi) is 22.2. The van der Waals surface area contributed by atoms with Gasteiger partial charge in [0.2, 0.25) is 0 Å². The predicted molar refractivity (Wildman–Crippen MR) is 361 cm³/mol. The molecule has 0 aliphatic heterocycles. The zero-order valence-electron chi connectivity index (χ0n) is 52.8. The van der Waals surface area contributed by atoms with Gasteiger partial charge in [-0.05, 0) is 78.4 Å². The van der Waals surface area contributed by atoms with Crippen molar-refractivity contribution in [3.05, 3.63) is 235 Å². The van der Waals surface area contributed by atoms with Crippen LogP contribution >= 0.6 is 0 Å². The van der Waals surface area contributed by atoms with Crippen LogP contribution in [0.5, 0.6) is 0 Å². The van der Waals surface area contributed by atoms with Crippen molar-refractivity contribution in [2.45, 2.75) is 51.6 Å². The summed E-state index contributed by atoms with van der Waals surface area (Å²) in [5.41, 5.74) is 10.9. The first-order valence-corrected chi connectivity index (χ1v) is 30.6. The largest absolute Gasteiger partial charge is 0.478 e. The Labute approximate surface area is 562 Å². The fraction of sp³-hybridized carbons (Fsp3) is 0.167. The van der Waals surface area contributed by atoms with Gasteiger partial charge >= 0.3 is 18.3 Å². The van der Waals surface area contributed by atoms with Gasteiger partial charge in [-0.3, -0.25) is 4.98 Å². The molecule has 11 aromatic heterocycles. The van der Waals surface area contributed by atoms with Crippen molar-refractivity contribution >= 4 is 90.9 Å². The van der Waals surface area contributed by atoms with Gasteiger partial charge in [-0.25, -0.2) is 79.6 Å². The van der Waals surface area contributed by atoms with E-state index in [0.717, 1.165) is 78.1 Å². The van der Waals surface area contributed by atoms with Gasteiger partial charge < -0.3 is 56.6 Å². The molecule has 0 atom stereocenters. The molecule has 0 amide bonds. The van der Waals surface area contributed by atoms with E-state index in [0.29, 0.717) is 87.3 Å². The van der Waals surface area contributed by atoms with Crippen LogP contribution in [0.3, 0.4) is 0 Å². The first-order valence-electron chi connectivity index (χ1n) is 30.6. The van der Waals surface area contributed by atoms with Crippen molar-refractivity contribution in [1.29, 1.82) is 0 Å². The number of aryl methyl sites for hydroxylation is 1. The summed E-state index contributed by atoms with van der Waals surface area (Å²) in [6.07, 6.45) is 10.4. The number of carboxylic acid groups (broad SMARTS) is 1. The average molecular weight is 1360 g/mol. The van der Waals surface area contributed by atoms with E-state index in [-0.39, 0.29) is 17.7 Å². The minimum atomic E-state index is -4.38. The van der Waals surface area contributed by atoms with Gasteiger partial charge in [-0.15, -0.1) is 0 Å². The van der Waals surface area contributed by atoms with Gasteiger partial charge in [-0.2, -0.15) is 26.3 Å². The molecule has 15 aromatic rings. The molecule has 28 nitrogen and oxygen atoms in total. The predicted octanol–water partition coefficient (Wildman–Crippen LogP) is 11.4. The smallest absolute Gasteiger partial charge is 0.416 e. The van der Waals surface area contributed by atoms with Crippen molar-refractivity contribution in [2.24, 2.45) is 0 Å². The Bertz CT molecular complexity index is 5100. The van der Waals surface area contributed by atoms with Crippen LogP contribution in [0, 0.1) is 6.92 Å². The lowest BCUT2D eigenvalue weighted by Crippen LogP contribution is -2.12. The third-order valence-corrected chi connectivity index (χ3v) is 14.8. The molecule has 508 valence electrons. The SMILES string of the molecule is Cc1cccc(CCNc2ncnc3nc[nH]c23)c1.FC(F)(F)c1ccc(CCNc2ncnc3nc[nH]c23)cc1.FC(F)(F)c1ccccc1CNc1ncnc2nc[nH]c12.O=C(O)c1ccccc1CNc1ncnc2nc[nH]c12.c1ccc(CCNc2ncnc3nc[nH]c23)nc1. The number of carbonyl (C=O) groups is 1. The maximum Gasteiger partial charge on any atom is 0.416 e. The van der Waals surface area contributed by atoms with Crippen LogP contribution in [-0.4, -0.2) is 135 Å². The molecule has 15 rings (SSSR count). The number of carboxylic acids is 1. The molecule has 100 heavy (non-hydrogen) atoms. The number of H-pyrrole nitrogens is 5. The first-order chi connectivity index (χ1) is 48.6. The zero-order chi connectivity index (χ0) is 69.7. The highest BCUT2D eigenvalue weighted by atomic mass is 19.4. The van der Waals surface area contributed by atoms with Crippen LogP contribution in [0.15, 0.2) is 185 Å². The summed E-state index contributed by atoms with van der Waals surface area (Å²) < 4.78 is 76.1. The van der Waals surface area contributed by atoms with E-state index in [4.69, 9.17) is 5.11 Å². The monoisotopic (exact) mass is 1360 g/mol. The van der Waals surface area contributed by atoms with Crippen LogP contribution in [0.4, 0.5) is 55.4 Å². The minimum Gasteiger partial charge on any atom is -0.478 e. The van der Waals surface area contributed by atoms with E-state index < -0.39 is 29.4 Å². The highest BCUT2D eigenvalue weighted by Crippen LogP contribution is 2.33. The number of aromatic carboxylic acids is 1. The number of anilines is 5. The number of benzene rings is 4. The van der Waals surface area contributed by atoms with Crippen molar-refractivity contribution in [3.8, 4) is 0 Å². The van der Waals surface area contributed by atoms with E-state index in [1.165, 1.54) is 86.0 Å². The second kappa shape index (κ2) is 32.5. The summed E-state index contributed by atoms with van der Waals surface area (Å²) in [5.74, 6) is 2.25. The molecular weight excluding hydrogens is 1300 g/mol. The van der Waals surface area contributed by atoms with Crippen LogP contribution < -0.4 is 26.6 Å². The third kappa shape index (κ3) is 18.2. The fourth-order valence-electron chi connectivity index (χ4n) is 9.92. The third-order valence-electron chi connectivity index (χ3n) is 14.8. The summed E-state index contributed by atoms with van der Waals surface area (Å²) in [7, 11) is 0. The molecule has 0 saturated carbocycles. The quantitative estimate of drug-likeness (QED) is 0.0335. The molecule has 4 aromatic carbocycles. The second-order valence-corrected chi connectivity index (χ2v) is 21.5. The Hall–Kier alpha value is -13.2. The van der Waals surface area contributed by atoms with Crippen molar-refractivity contribution in [1.82, 2.24) is 105 Å². The van der Waals surface area contributed by atoms with Crippen LogP contribution in [-0.2, 0) is 44.7 Å². The van der Waals surface area contributed by atoms with Gasteiger partial charge in [0.1, 0.15) is 59.2 Å². The summed E-state index contributed by atoms with van der Waals surface area (Å²) >= 11 is 0. The summed E-state index contributed by atoms with van der Waals surface area (Å²) in [5, 5.41) is 24.8. The number of hydrogen-bond acceptors (Lipinski definition) is 22. The molecule has 0 unspecified atom stereocenters. The van der Waals surface area contributed by atoms with Crippen LogP contribution in [0.2, 0.25) is 0 Å². The van der Waals surface area contributed by atoms with Crippen molar-refractivity contribution in [3.63, 3.8) is 0 Å². The number of halogens is 6. The molecular formula is C66H60F6N26O2. The van der Waals surface area contributed by atoms with Gasteiger partial charge in [0, 0.05) is 51.0 Å². The van der Waals surface area contributed by atoms with Crippen LogP contribution in [0.1, 0.15) is 55.0 Å². The molecule has 0 bridgehead atoms. The standard InChI is InChI=1S/C14H12F3N5.C14H15N5.C13H10F3N5.C13H11N5O2.C12H12N6/c15-14(16,17)10-3-1-9(2-4-10)5-6-18-12-11-13(20-7-19-11)22-8-21-12;1-10-3-2-4-11(7-10)5-6-15-13-12-14(17-8-16-12)19-9-18-13;14-13(15,16)9-4-2-1-3-8(9)5-17-11-10-12(19-6-18-10)21-7-20-11;19-13(20)9-4-2-1-3-8(9)5-14-11-10-12(16-6-15-10)18-7-17-11;1-2-5-13-9(3-1)4-6-14-11-10-12(16-7-15-10)18-8-17-11/h1-4,7-8H,5-6H2,(H2,18,19,20,21,22);2-4,7-9H,5-6H2,1H3,(H2,15,16,17,18,19);1-4,6-7H,5H2,(H2,17,18,19,20,21);1-4,6-7H,5H2,(H,19,20)(H2,14,15,16,17,18);1-3,5,7-8H,4,6H2,(H2,14,15,16,17,18). The van der Waals surface area contributed by atoms with E-state index in [9.17, 15) is 31.1 Å². The van der Waals surface area contributed by atoms with Gasteiger partial charge in [-0.1, -0.05) is 84.4 Å². The number of hydrogen-bond donors (Lipinski definition) is 11. The second-order valence-electron chi connectivity index (χ2n) is 21.5.